The molecular weight excluding hydrogens is 342 g/mol. The molecule has 0 bridgehead atoms. The van der Waals surface area contributed by atoms with E-state index in [0.29, 0.717) is 9.99 Å². The van der Waals surface area contributed by atoms with Crippen molar-refractivity contribution >= 4 is 33.3 Å². The summed E-state index contributed by atoms with van der Waals surface area (Å²) >= 11 is 0. The van der Waals surface area contributed by atoms with Crippen molar-refractivity contribution in [1.29, 1.82) is 0 Å². The van der Waals surface area contributed by atoms with Crippen LogP contribution in [0.5, 0.6) is 0 Å². The number of para-hydroxylation sites is 1. The molecule has 2 N–H and O–H groups in total. The third-order valence-electron chi connectivity index (χ3n) is 4.00. The number of hydrogen-bond acceptors (Lipinski definition) is 4. The average molecular weight is 359 g/mol. The quantitative estimate of drug-likeness (QED) is 0.880. The highest BCUT2D eigenvalue weighted by molar-refractivity contribution is 7.90. The summed E-state index contributed by atoms with van der Waals surface area (Å²) in [6, 6.07) is 10.6. The molecule has 3 amide bonds. The number of benzene rings is 2. The number of hydrogen-bond donors (Lipinski definition) is 2. The molecule has 0 unspecified atom stereocenters. The molecule has 2 aromatic rings. The van der Waals surface area contributed by atoms with Gasteiger partial charge in [0.15, 0.2) is 0 Å². The lowest BCUT2D eigenvalue weighted by Crippen LogP contribution is -2.47. The van der Waals surface area contributed by atoms with E-state index in [1.54, 1.807) is 24.3 Å². The molecule has 0 aromatic heterocycles. The lowest BCUT2D eigenvalue weighted by Gasteiger charge is -2.28. The molecule has 8 heteroatoms. The minimum atomic E-state index is -4.07. The molecule has 130 valence electrons. The predicted molar refractivity (Wildman–Crippen MR) is 93.9 cm³/mol. The van der Waals surface area contributed by atoms with Crippen LogP contribution in [0.1, 0.15) is 11.1 Å². The minimum absolute atomic E-state index is 0.0337. The highest BCUT2D eigenvalue weighted by Gasteiger charge is 2.37. The number of aryl methyl sites for hydroxylation is 2. The molecule has 0 radical (unpaired) electrons. The van der Waals surface area contributed by atoms with Crippen LogP contribution in [0.4, 0.5) is 16.2 Å². The van der Waals surface area contributed by atoms with Crippen LogP contribution in [0.15, 0.2) is 47.4 Å². The number of carbonyl (C=O) groups is 2. The van der Waals surface area contributed by atoms with Crippen LogP contribution in [0.25, 0.3) is 0 Å². The van der Waals surface area contributed by atoms with Crippen molar-refractivity contribution in [2.75, 3.05) is 17.2 Å². The van der Waals surface area contributed by atoms with E-state index in [1.165, 1.54) is 12.1 Å². The van der Waals surface area contributed by atoms with Crippen molar-refractivity contribution in [2.45, 2.75) is 18.7 Å². The van der Waals surface area contributed by atoms with Gasteiger partial charge in [-0.3, -0.25) is 4.79 Å². The zero-order valence-corrected chi connectivity index (χ0v) is 14.6. The van der Waals surface area contributed by atoms with E-state index in [-0.39, 0.29) is 10.6 Å². The van der Waals surface area contributed by atoms with Crippen LogP contribution in [0.2, 0.25) is 0 Å². The van der Waals surface area contributed by atoms with Crippen molar-refractivity contribution in [3.8, 4) is 0 Å². The number of fused-ring (bicyclic) bond motifs is 1. The van der Waals surface area contributed by atoms with Gasteiger partial charge in [-0.2, -0.15) is 0 Å². The maximum atomic E-state index is 12.6. The van der Waals surface area contributed by atoms with Crippen molar-refractivity contribution in [3.05, 3.63) is 53.6 Å². The van der Waals surface area contributed by atoms with Gasteiger partial charge in [0.1, 0.15) is 11.4 Å². The van der Waals surface area contributed by atoms with Crippen LogP contribution in [-0.4, -0.2) is 31.2 Å². The Morgan fingerprint density at radius 1 is 1.12 bits per heavy atom. The first-order valence-corrected chi connectivity index (χ1v) is 9.03. The Labute approximate surface area is 145 Å². The van der Waals surface area contributed by atoms with E-state index in [2.05, 4.69) is 10.6 Å². The molecule has 25 heavy (non-hydrogen) atoms. The van der Waals surface area contributed by atoms with Gasteiger partial charge >= 0.3 is 6.03 Å². The average Bonchev–Trinajstić information content (AvgIpc) is 2.55. The summed E-state index contributed by atoms with van der Waals surface area (Å²) in [4.78, 5) is 24.3. The molecule has 1 heterocycles. The molecule has 0 spiro atoms. The Hall–Kier alpha value is -2.87. The number of amides is 3. The summed E-state index contributed by atoms with van der Waals surface area (Å²) in [5, 5.41) is 5.09. The Morgan fingerprint density at radius 3 is 2.56 bits per heavy atom. The second-order valence-electron chi connectivity index (χ2n) is 5.79. The summed E-state index contributed by atoms with van der Waals surface area (Å²) in [5.41, 5.74) is 2.82. The molecule has 1 aliphatic heterocycles. The number of nitrogens with one attached hydrogen (secondary N) is 2. The second kappa shape index (κ2) is 6.21. The Kier molecular flexibility index (Phi) is 4.22. The van der Waals surface area contributed by atoms with Crippen molar-refractivity contribution in [1.82, 2.24) is 4.31 Å². The zero-order chi connectivity index (χ0) is 18.2. The van der Waals surface area contributed by atoms with Crippen molar-refractivity contribution in [2.24, 2.45) is 0 Å². The molecule has 0 atom stereocenters. The van der Waals surface area contributed by atoms with Gasteiger partial charge in [-0.15, -0.1) is 0 Å². The van der Waals surface area contributed by atoms with E-state index in [0.717, 1.165) is 11.1 Å². The van der Waals surface area contributed by atoms with Crippen LogP contribution in [0, 0.1) is 13.8 Å². The molecule has 0 saturated carbocycles. The fourth-order valence-corrected chi connectivity index (χ4v) is 3.94. The Bertz CT molecular complexity index is 970. The van der Waals surface area contributed by atoms with E-state index >= 15 is 0 Å². The first-order chi connectivity index (χ1) is 11.8. The molecule has 0 fully saturated rings. The first-order valence-electron chi connectivity index (χ1n) is 7.59. The predicted octanol–water partition coefficient (Wildman–Crippen LogP) is 2.48. The maximum Gasteiger partial charge on any atom is 0.336 e. The van der Waals surface area contributed by atoms with Crippen molar-refractivity contribution in [3.63, 3.8) is 0 Å². The summed E-state index contributed by atoms with van der Waals surface area (Å²) in [6.07, 6.45) is 0. The second-order valence-corrected chi connectivity index (χ2v) is 7.62. The van der Waals surface area contributed by atoms with Crippen molar-refractivity contribution < 1.29 is 18.0 Å². The zero-order valence-electron chi connectivity index (χ0n) is 13.7. The lowest BCUT2D eigenvalue weighted by atomic mass is 10.1. The first kappa shape index (κ1) is 17.0. The largest absolute Gasteiger partial charge is 0.336 e. The lowest BCUT2D eigenvalue weighted by molar-refractivity contribution is -0.116. The van der Waals surface area contributed by atoms with Crippen LogP contribution in [0.3, 0.4) is 0 Å². The van der Waals surface area contributed by atoms with Gasteiger partial charge in [0.05, 0.1) is 5.69 Å². The van der Waals surface area contributed by atoms with Gasteiger partial charge in [0.2, 0.25) is 5.91 Å². The fourth-order valence-electron chi connectivity index (χ4n) is 2.51. The number of sulfonamides is 1. The number of anilines is 2. The van der Waals surface area contributed by atoms with Gasteiger partial charge in [0, 0.05) is 5.69 Å². The third kappa shape index (κ3) is 3.20. The van der Waals surface area contributed by atoms with Crippen LogP contribution in [-0.2, 0) is 14.8 Å². The third-order valence-corrected chi connectivity index (χ3v) is 5.79. The monoisotopic (exact) mass is 359 g/mol. The molecule has 1 aliphatic rings. The highest BCUT2D eigenvalue weighted by atomic mass is 32.2. The smallest absolute Gasteiger partial charge is 0.325 e. The number of nitrogens with zero attached hydrogens (tertiary/aromatic N) is 1. The topological polar surface area (TPSA) is 95.6 Å². The minimum Gasteiger partial charge on any atom is -0.325 e. The molecule has 2 aromatic carbocycles. The Morgan fingerprint density at radius 2 is 1.84 bits per heavy atom. The summed E-state index contributed by atoms with van der Waals surface area (Å²) < 4.78 is 25.7. The Balaban J connectivity index is 1.81. The molecule has 3 rings (SSSR count). The van der Waals surface area contributed by atoms with E-state index in [9.17, 15) is 18.0 Å². The SMILES string of the molecule is Cc1ccc(NC(=O)CN2C(=O)Nc3ccccc3S2(=O)=O)cc1C. The normalized spacial score (nSPS) is 15.3. The standard InChI is InChI=1S/C17H17N3O4S/c1-11-7-8-13(9-12(11)2)18-16(21)10-20-17(22)19-14-5-3-4-6-15(14)25(20,23)24/h3-9H,10H2,1-2H3,(H,18,21)(H,19,22). The summed E-state index contributed by atoms with van der Waals surface area (Å²) in [6.45, 7) is 3.25. The molecule has 0 aliphatic carbocycles. The van der Waals surface area contributed by atoms with Gasteiger partial charge in [0.25, 0.3) is 10.0 Å². The summed E-state index contributed by atoms with van der Waals surface area (Å²) in [7, 11) is -4.07. The van der Waals surface area contributed by atoms with Crippen LogP contribution < -0.4 is 10.6 Å². The van der Waals surface area contributed by atoms with Gasteiger partial charge in [-0.1, -0.05) is 18.2 Å². The van der Waals surface area contributed by atoms with E-state index < -0.39 is 28.5 Å². The number of rotatable bonds is 3. The molecular formula is C17H17N3O4S. The summed E-state index contributed by atoms with van der Waals surface area (Å²) in [5.74, 6) is -0.596. The molecule has 7 nitrogen and oxygen atoms in total. The van der Waals surface area contributed by atoms with Gasteiger partial charge in [-0.05, 0) is 49.2 Å². The molecule has 0 saturated heterocycles. The van der Waals surface area contributed by atoms with E-state index in [1.807, 2.05) is 19.9 Å². The van der Waals surface area contributed by atoms with Gasteiger partial charge < -0.3 is 10.6 Å². The van der Waals surface area contributed by atoms with Gasteiger partial charge in [-0.25, -0.2) is 17.5 Å². The fraction of sp³-hybridized carbons (Fsp3) is 0.176. The highest BCUT2D eigenvalue weighted by Crippen LogP contribution is 2.29. The van der Waals surface area contributed by atoms with E-state index in [4.69, 9.17) is 0 Å². The maximum absolute atomic E-state index is 12.6. The number of urea groups is 1. The number of carbonyl (C=O) groups excluding carboxylic acids is 2. The van der Waals surface area contributed by atoms with Crippen LogP contribution >= 0.6 is 0 Å².